The molecule has 0 aromatic carbocycles. The van der Waals surface area contributed by atoms with Crippen LogP contribution in [0.25, 0.3) is 0 Å². The van der Waals surface area contributed by atoms with Gasteiger partial charge < -0.3 is 14.3 Å². The molecule has 0 bridgehead atoms. The third-order valence-electron chi connectivity index (χ3n) is 6.07. The minimum absolute atomic E-state index is 0.0420. The predicted octanol–water partition coefficient (Wildman–Crippen LogP) is 2.62. The van der Waals surface area contributed by atoms with E-state index in [1.807, 2.05) is 17.2 Å². The van der Waals surface area contributed by atoms with Crippen LogP contribution in [0.1, 0.15) is 60.3 Å². The van der Waals surface area contributed by atoms with Crippen LogP contribution in [-0.4, -0.2) is 51.1 Å². The van der Waals surface area contributed by atoms with Gasteiger partial charge in [0.05, 0.1) is 0 Å². The molecule has 0 atom stereocenters. The maximum Gasteiger partial charge on any atom is 0.276 e. The molecule has 0 spiro atoms. The number of amides is 1. The van der Waals surface area contributed by atoms with Crippen LogP contribution in [0.15, 0.2) is 23.1 Å². The minimum atomic E-state index is 0.0420. The topological polar surface area (TPSA) is 75.4 Å². The number of hydrogen-bond acceptors (Lipinski definition) is 6. The van der Waals surface area contributed by atoms with E-state index in [-0.39, 0.29) is 5.91 Å². The number of carbonyl (C=O) groups is 1. The van der Waals surface area contributed by atoms with Gasteiger partial charge >= 0.3 is 0 Å². The third kappa shape index (κ3) is 3.19. The molecule has 142 valence electrons. The molecule has 2 aromatic heterocycles. The Kier molecular flexibility index (Phi) is 4.30. The lowest BCUT2D eigenvalue weighted by atomic mass is 9.95. The number of rotatable bonds is 4. The summed E-state index contributed by atoms with van der Waals surface area (Å²) in [5, 5.41) is 4.12. The van der Waals surface area contributed by atoms with Crippen LogP contribution < -0.4 is 4.90 Å². The largest absolute Gasteiger partial charge is 0.360 e. The van der Waals surface area contributed by atoms with Gasteiger partial charge in [0.2, 0.25) is 0 Å². The fourth-order valence-electron chi connectivity index (χ4n) is 4.51. The molecule has 3 aliphatic rings. The highest BCUT2D eigenvalue weighted by Gasteiger charge is 2.37. The summed E-state index contributed by atoms with van der Waals surface area (Å²) in [6.07, 6.45) is 11.9. The van der Waals surface area contributed by atoms with Gasteiger partial charge in [-0.05, 0) is 51.0 Å². The van der Waals surface area contributed by atoms with Gasteiger partial charge in [0, 0.05) is 43.4 Å². The van der Waals surface area contributed by atoms with Crippen molar-refractivity contribution in [2.24, 2.45) is 0 Å². The second-order valence-electron chi connectivity index (χ2n) is 7.87. The second-order valence-corrected chi connectivity index (χ2v) is 7.87. The van der Waals surface area contributed by atoms with Gasteiger partial charge in [0.1, 0.15) is 17.9 Å². The fraction of sp³-hybridized carbons (Fsp3) is 0.600. The van der Waals surface area contributed by atoms with Crippen molar-refractivity contribution in [3.63, 3.8) is 0 Å². The van der Waals surface area contributed by atoms with Gasteiger partial charge in [0.25, 0.3) is 5.91 Å². The maximum atomic E-state index is 13.0. The minimum Gasteiger partial charge on any atom is -0.360 e. The van der Waals surface area contributed by atoms with Gasteiger partial charge in [-0.1, -0.05) is 5.16 Å². The van der Waals surface area contributed by atoms with Crippen LogP contribution in [-0.2, 0) is 12.8 Å². The summed E-state index contributed by atoms with van der Waals surface area (Å²) in [5.74, 6) is 1.98. The van der Waals surface area contributed by atoms with Gasteiger partial charge in [0.15, 0.2) is 5.69 Å². The van der Waals surface area contributed by atoms with Crippen molar-refractivity contribution >= 4 is 11.7 Å². The quantitative estimate of drug-likeness (QED) is 0.827. The highest BCUT2D eigenvalue weighted by atomic mass is 16.5. The van der Waals surface area contributed by atoms with Crippen molar-refractivity contribution in [2.75, 3.05) is 18.0 Å². The zero-order chi connectivity index (χ0) is 18.2. The predicted molar refractivity (Wildman–Crippen MR) is 99.6 cm³/mol. The first-order valence-corrected chi connectivity index (χ1v) is 10.1. The van der Waals surface area contributed by atoms with E-state index in [9.17, 15) is 4.79 Å². The Hall–Kier alpha value is -2.44. The van der Waals surface area contributed by atoms with Crippen molar-refractivity contribution in [1.29, 1.82) is 0 Å². The molecule has 0 N–H and O–H groups in total. The Morgan fingerprint density at radius 3 is 2.63 bits per heavy atom. The summed E-state index contributed by atoms with van der Waals surface area (Å²) >= 11 is 0. The molecule has 2 fully saturated rings. The van der Waals surface area contributed by atoms with E-state index in [1.165, 1.54) is 12.8 Å². The lowest BCUT2D eigenvalue weighted by Crippen LogP contribution is -2.48. The summed E-state index contributed by atoms with van der Waals surface area (Å²) in [5.41, 5.74) is 1.60. The molecule has 1 saturated carbocycles. The van der Waals surface area contributed by atoms with Crippen molar-refractivity contribution in [2.45, 2.75) is 63.5 Å². The smallest absolute Gasteiger partial charge is 0.276 e. The number of fused-ring (bicyclic) bond motifs is 1. The van der Waals surface area contributed by atoms with Crippen LogP contribution in [0.2, 0.25) is 0 Å². The van der Waals surface area contributed by atoms with Crippen LogP contribution in [0.4, 0.5) is 5.82 Å². The van der Waals surface area contributed by atoms with Crippen molar-refractivity contribution in [3.8, 4) is 0 Å². The lowest BCUT2D eigenvalue weighted by Gasteiger charge is -2.39. The molecule has 1 saturated heterocycles. The Balaban J connectivity index is 1.27. The molecule has 0 unspecified atom stereocenters. The summed E-state index contributed by atoms with van der Waals surface area (Å²) in [7, 11) is 0. The zero-order valence-electron chi connectivity index (χ0n) is 15.5. The van der Waals surface area contributed by atoms with E-state index < -0.39 is 0 Å². The van der Waals surface area contributed by atoms with Gasteiger partial charge in [-0.3, -0.25) is 4.79 Å². The second kappa shape index (κ2) is 6.94. The third-order valence-corrected chi connectivity index (χ3v) is 6.07. The van der Waals surface area contributed by atoms with Crippen LogP contribution >= 0.6 is 0 Å². The molecular formula is C20H25N5O2. The molecule has 7 nitrogen and oxygen atoms in total. The van der Waals surface area contributed by atoms with Crippen LogP contribution in [0, 0.1) is 0 Å². The van der Waals surface area contributed by atoms with Crippen LogP contribution in [0.3, 0.4) is 0 Å². The Morgan fingerprint density at radius 2 is 1.89 bits per heavy atom. The zero-order valence-corrected chi connectivity index (χ0v) is 15.5. The average molecular weight is 367 g/mol. The van der Waals surface area contributed by atoms with Gasteiger partial charge in [-0.25, -0.2) is 9.97 Å². The number of piperidine rings is 1. The van der Waals surface area contributed by atoms with Crippen molar-refractivity contribution < 1.29 is 9.32 Å². The molecule has 27 heavy (non-hydrogen) atoms. The summed E-state index contributed by atoms with van der Waals surface area (Å²) in [6.45, 7) is 1.53. The highest BCUT2D eigenvalue weighted by molar-refractivity contribution is 5.94. The van der Waals surface area contributed by atoms with E-state index in [0.717, 1.165) is 68.8 Å². The number of aryl methyl sites for hydroxylation is 1. The summed E-state index contributed by atoms with van der Waals surface area (Å²) in [6, 6.07) is 3.02. The Bertz CT molecular complexity index is 809. The summed E-state index contributed by atoms with van der Waals surface area (Å²) < 4.78 is 5.44. The van der Waals surface area contributed by atoms with Gasteiger partial charge in [-0.2, -0.15) is 0 Å². The van der Waals surface area contributed by atoms with E-state index >= 15 is 0 Å². The Labute approximate surface area is 158 Å². The Morgan fingerprint density at radius 1 is 1.11 bits per heavy atom. The monoisotopic (exact) mass is 367 g/mol. The van der Waals surface area contributed by atoms with Crippen LogP contribution in [0.5, 0.6) is 0 Å². The maximum absolute atomic E-state index is 13.0. The van der Waals surface area contributed by atoms with E-state index in [2.05, 4.69) is 20.0 Å². The number of hydrogen-bond donors (Lipinski definition) is 0. The van der Waals surface area contributed by atoms with Crippen molar-refractivity contribution in [3.05, 3.63) is 35.6 Å². The normalized spacial score (nSPS) is 20.4. The fourth-order valence-corrected chi connectivity index (χ4v) is 4.51. The first-order chi connectivity index (χ1) is 13.3. The van der Waals surface area contributed by atoms with E-state index in [1.54, 1.807) is 6.33 Å². The molecule has 0 radical (unpaired) electrons. The lowest BCUT2D eigenvalue weighted by molar-refractivity contribution is 0.0700. The van der Waals surface area contributed by atoms with Crippen molar-refractivity contribution in [1.82, 2.24) is 20.0 Å². The van der Waals surface area contributed by atoms with E-state index in [4.69, 9.17) is 4.52 Å². The number of nitrogens with zero attached hydrogens (tertiary/aromatic N) is 5. The summed E-state index contributed by atoms with van der Waals surface area (Å²) in [4.78, 5) is 25.9. The SMILES string of the molecule is O=C(c1noc2c1CCCC2)N1CCC(N(c2ccncn2)C2CC2)CC1. The molecule has 7 heteroatoms. The number of aromatic nitrogens is 3. The van der Waals surface area contributed by atoms with E-state index in [0.29, 0.717) is 17.8 Å². The number of carbonyl (C=O) groups excluding carboxylic acids is 1. The molecule has 2 aromatic rings. The first-order valence-electron chi connectivity index (χ1n) is 10.1. The average Bonchev–Trinajstić information content (AvgIpc) is 3.46. The molecule has 3 heterocycles. The van der Waals surface area contributed by atoms with Gasteiger partial charge in [-0.15, -0.1) is 0 Å². The molecule has 2 aliphatic carbocycles. The molecule has 1 amide bonds. The standard InChI is InChI=1S/C20H25N5O2/c26-20(19-16-3-1-2-4-17(16)27-23-19)24-11-8-15(9-12-24)25(14-5-6-14)18-7-10-21-13-22-18/h7,10,13-15H,1-6,8-9,11-12H2. The highest BCUT2D eigenvalue weighted by Crippen LogP contribution is 2.35. The number of anilines is 1. The molecule has 1 aliphatic heterocycles. The molecule has 5 rings (SSSR count). The molecular weight excluding hydrogens is 342 g/mol. The first kappa shape index (κ1) is 16.7. The number of likely N-dealkylation sites (tertiary alicyclic amines) is 1.